The van der Waals surface area contributed by atoms with Crippen molar-refractivity contribution in [2.24, 2.45) is 0 Å². The molecule has 0 saturated heterocycles. The second kappa shape index (κ2) is 9.05. The van der Waals surface area contributed by atoms with Crippen LogP contribution in [0.2, 0.25) is 0 Å². The monoisotopic (exact) mass is 336 g/mol. The van der Waals surface area contributed by atoms with Gasteiger partial charge in [0.2, 0.25) is 0 Å². The van der Waals surface area contributed by atoms with Gasteiger partial charge in [-0.2, -0.15) is 0 Å². The van der Waals surface area contributed by atoms with Crippen molar-refractivity contribution >= 4 is 11.5 Å². The van der Waals surface area contributed by atoms with Crippen molar-refractivity contribution in [3.05, 3.63) is 106 Å². The number of aromatic nitrogens is 1. The molecule has 6 nitrogen and oxygen atoms in total. The van der Waals surface area contributed by atoms with Gasteiger partial charge in [0.25, 0.3) is 5.69 Å². The molecule has 126 valence electrons. The minimum atomic E-state index is -0.560. The highest BCUT2D eigenvalue weighted by Crippen LogP contribution is 2.20. The maximum atomic E-state index is 12.2. The van der Waals surface area contributed by atoms with E-state index in [1.54, 1.807) is 42.7 Å². The molecule has 0 radical (unpaired) electrons. The SMILES string of the molecule is O=C(c1ccccc1)c1ccc([N+](=O)[O-])cc1CO.c1ccncc1. The average molecular weight is 336 g/mol. The van der Waals surface area contributed by atoms with Crippen LogP contribution < -0.4 is 0 Å². The lowest BCUT2D eigenvalue weighted by Crippen LogP contribution is -2.06. The number of benzene rings is 2. The molecule has 1 N–H and O–H groups in total. The first-order valence-corrected chi connectivity index (χ1v) is 7.46. The Kier molecular flexibility index (Phi) is 6.50. The molecular formula is C19H16N2O4. The van der Waals surface area contributed by atoms with Gasteiger partial charge < -0.3 is 5.11 Å². The summed E-state index contributed by atoms with van der Waals surface area (Å²) in [6, 6.07) is 18.1. The largest absolute Gasteiger partial charge is 0.392 e. The number of hydrogen-bond donors (Lipinski definition) is 1. The number of pyridine rings is 1. The summed E-state index contributed by atoms with van der Waals surface area (Å²) in [5.41, 5.74) is 0.863. The van der Waals surface area contributed by atoms with Crippen molar-refractivity contribution in [1.29, 1.82) is 0 Å². The zero-order valence-corrected chi connectivity index (χ0v) is 13.3. The molecule has 6 heteroatoms. The van der Waals surface area contributed by atoms with Crippen LogP contribution in [0, 0.1) is 10.1 Å². The van der Waals surface area contributed by atoms with Crippen LogP contribution in [-0.2, 0) is 6.61 Å². The smallest absolute Gasteiger partial charge is 0.269 e. The van der Waals surface area contributed by atoms with E-state index in [0.717, 1.165) is 0 Å². The maximum absolute atomic E-state index is 12.2. The Bertz CT molecular complexity index is 810. The van der Waals surface area contributed by atoms with Gasteiger partial charge in [0.15, 0.2) is 5.78 Å². The van der Waals surface area contributed by atoms with Crippen molar-refractivity contribution in [2.45, 2.75) is 6.61 Å². The topological polar surface area (TPSA) is 93.3 Å². The lowest BCUT2D eigenvalue weighted by atomic mass is 9.98. The zero-order valence-electron chi connectivity index (χ0n) is 13.3. The number of aliphatic hydroxyl groups excluding tert-OH is 1. The molecule has 0 fully saturated rings. The summed E-state index contributed by atoms with van der Waals surface area (Å²) in [5, 5.41) is 19.9. The van der Waals surface area contributed by atoms with E-state index in [0.29, 0.717) is 5.56 Å². The number of carbonyl (C=O) groups is 1. The van der Waals surface area contributed by atoms with E-state index in [1.165, 1.54) is 18.2 Å². The fraction of sp³-hybridized carbons (Fsp3) is 0.0526. The predicted octanol–water partition coefficient (Wildman–Crippen LogP) is 3.40. The van der Waals surface area contributed by atoms with Crippen molar-refractivity contribution in [3.8, 4) is 0 Å². The Morgan fingerprint density at radius 1 is 1.00 bits per heavy atom. The van der Waals surface area contributed by atoms with Crippen molar-refractivity contribution in [3.63, 3.8) is 0 Å². The average Bonchev–Trinajstić information content (AvgIpc) is 2.69. The van der Waals surface area contributed by atoms with Crippen LogP contribution >= 0.6 is 0 Å². The van der Waals surface area contributed by atoms with Gasteiger partial charge in [0.1, 0.15) is 0 Å². The quantitative estimate of drug-likeness (QED) is 0.448. The third-order valence-corrected chi connectivity index (χ3v) is 3.32. The number of nitro groups is 1. The summed E-state index contributed by atoms with van der Waals surface area (Å²) >= 11 is 0. The van der Waals surface area contributed by atoms with Crippen LogP contribution in [0.15, 0.2) is 79.1 Å². The van der Waals surface area contributed by atoms with Gasteiger partial charge in [-0.1, -0.05) is 36.4 Å². The molecule has 0 unspecified atom stereocenters. The van der Waals surface area contributed by atoms with Gasteiger partial charge in [-0.15, -0.1) is 0 Å². The number of ketones is 1. The van der Waals surface area contributed by atoms with Crippen molar-refractivity contribution < 1.29 is 14.8 Å². The van der Waals surface area contributed by atoms with Crippen molar-refractivity contribution in [2.75, 3.05) is 0 Å². The van der Waals surface area contributed by atoms with Crippen LogP contribution in [0.1, 0.15) is 21.5 Å². The Hall–Kier alpha value is -3.38. The summed E-state index contributed by atoms with van der Waals surface area (Å²) in [5.74, 6) is -0.264. The lowest BCUT2D eigenvalue weighted by molar-refractivity contribution is -0.384. The first-order chi connectivity index (χ1) is 12.1. The van der Waals surface area contributed by atoms with Gasteiger partial charge in [0.05, 0.1) is 11.5 Å². The summed E-state index contributed by atoms with van der Waals surface area (Å²) in [6.07, 6.45) is 3.50. The van der Waals surface area contributed by atoms with E-state index in [1.807, 2.05) is 18.2 Å². The van der Waals surface area contributed by atoms with Gasteiger partial charge >= 0.3 is 0 Å². The van der Waals surface area contributed by atoms with E-state index in [9.17, 15) is 20.0 Å². The highest BCUT2D eigenvalue weighted by atomic mass is 16.6. The Labute approximate surface area is 144 Å². The molecule has 1 heterocycles. The third kappa shape index (κ3) is 5.05. The Balaban J connectivity index is 0.000000316. The van der Waals surface area contributed by atoms with E-state index >= 15 is 0 Å². The minimum absolute atomic E-state index is 0.145. The summed E-state index contributed by atoms with van der Waals surface area (Å²) in [6.45, 7) is -0.421. The van der Waals surface area contributed by atoms with Gasteiger partial charge in [-0.25, -0.2) is 0 Å². The number of nitrogens with zero attached hydrogens (tertiary/aromatic N) is 2. The highest BCUT2D eigenvalue weighted by Gasteiger charge is 2.16. The summed E-state index contributed by atoms with van der Waals surface area (Å²) in [7, 11) is 0. The van der Waals surface area contributed by atoms with Gasteiger partial charge in [-0.3, -0.25) is 19.9 Å². The number of rotatable bonds is 4. The lowest BCUT2D eigenvalue weighted by Gasteiger charge is -2.06. The second-order valence-corrected chi connectivity index (χ2v) is 4.98. The molecule has 3 rings (SSSR count). The predicted molar refractivity (Wildman–Crippen MR) is 93.1 cm³/mol. The number of aliphatic hydroxyl groups is 1. The van der Waals surface area contributed by atoms with Crippen LogP contribution in [0.4, 0.5) is 5.69 Å². The van der Waals surface area contributed by atoms with E-state index in [4.69, 9.17) is 0 Å². The first kappa shape index (κ1) is 18.0. The van der Waals surface area contributed by atoms with Crippen molar-refractivity contribution in [1.82, 2.24) is 4.98 Å². The standard InChI is InChI=1S/C14H11NO4.C5H5N/c16-9-11-8-12(15(18)19)6-7-13(11)14(17)10-4-2-1-3-5-10;1-2-4-6-5-3-1/h1-8,16H,9H2;1-5H. The molecule has 0 bridgehead atoms. The molecule has 1 aromatic heterocycles. The van der Waals surface area contributed by atoms with Crippen LogP contribution in [0.5, 0.6) is 0 Å². The van der Waals surface area contributed by atoms with Crippen LogP contribution in [0.3, 0.4) is 0 Å². The Morgan fingerprint density at radius 3 is 2.12 bits per heavy atom. The molecule has 0 spiro atoms. The van der Waals surface area contributed by atoms with Gasteiger partial charge in [0, 0.05) is 35.7 Å². The van der Waals surface area contributed by atoms with E-state index in [-0.39, 0.29) is 22.6 Å². The minimum Gasteiger partial charge on any atom is -0.392 e. The fourth-order valence-corrected chi connectivity index (χ4v) is 2.10. The van der Waals surface area contributed by atoms with Gasteiger partial charge in [-0.05, 0) is 23.8 Å². The number of carbonyl (C=O) groups excluding carboxylic acids is 1. The molecule has 2 aromatic carbocycles. The molecule has 0 aliphatic rings. The normalized spacial score (nSPS) is 9.64. The number of non-ortho nitro benzene ring substituents is 1. The van der Waals surface area contributed by atoms with Crippen LogP contribution in [0.25, 0.3) is 0 Å². The van der Waals surface area contributed by atoms with E-state index < -0.39 is 11.5 Å². The zero-order chi connectivity index (χ0) is 18.1. The molecule has 3 aromatic rings. The molecule has 0 amide bonds. The molecule has 25 heavy (non-hydrogen) atoms. The molecule has 0 aliphatic heterocycles. The molecule has 0 saturated carbocycles. The first-order valence-electron chi connectivity index (χ1n) is 7.46. The van der Waals surface area contributed by atoms with E-state index in [2.05, 4.69) is 4.98 Å². The molecular weight excluding hydrogens is 320 g/mol. The summed E-state index contributed by atoms with van der Waals surface area (Å²) in [4.78, 5) is 26.1. The molecule has 0 atom stereocenters. The summed E-state index contributed by atoms with van der Waals surface area (Å²) < 4.78 is 0. The second-order valence-electron chi connectivity index (χ2n) is 4.98. The van der Waals surface area contributed by atoms with Crippen LogP contribution in [-0.4, -0.2) is 20.8 Å². The fourth-order valence-electron chi connectivity index (χ4n) is 2.10. The Morgan fingerprint density at radius 2 is 1.64 bits per heavy atom. The number of hydrogen-bond acceptors (Lipinski definition) is 5. The third-order valence-electron chi connectivity index (χ3n) is 3.32. The number of nitro benzene ring substituents is 1. The highest BCUT2D eigenvalue weighted by molar-refractivity contribution is 6.10. The molecule has 0 aliphatic carbocycles. The maximum Gasteiger partial charge on any atom is 0.269 e.